The third kappa shape index (κ3) is 2.99. The summed E-state index contributed by atoms with van der Waals surface area (Å²) in [6, 6.07) is 3.73. The van der Waals surface area contributed by atoms with Crippen molar-refractivity contribution in [3.63, 3.8) is 0 Å². The van der Waals surface area contributed by atoms with Gasteiger partial charge in [-0.1, -0.05) is 0 Å². The number of ketones is 2. The molecule has 0 aliphatic carbocycles. The molecule has 1 aromatic heterocycles. The third-order valence-corrected chi connectivity index (χ3v) is 4.29. The maximum Gasteiger partial charge on any atom is 0.186 e. The lowest BCUT2D eigenvalue weighted by Gasteiger charge is -2.24. The highest BCUT2D eigenvalue weighted by Crippen LogP contribution is 2.22. The van der Waals surface area contributed by atoms with Crippen LogP contribution in [0.1, 0.15) is 22.5 Å². The van der Waals surface area contributed by atoms with Crippen molar-refractivity contribution in [2.75, 3.05) is 19.6 Å². The molecule has 1 saturated heterocycles. The molecule has 16 heavy (non-hydrogen) atoms. The van der Waals surface area contributed by atoms with E-state index < -0.39 is 0 Å². The van der Waals surface area contributed by atoms with Gasteiger partial charge in [0.25, 0.3) is 0 Å². The second kappa shape index (κ2) is 5.21. The number of likely N-dealkylation sites (tertiary alicyclic amines) is 1. The number of piperidine rings is 1. The van der Waals surface area contributed by atoms with Crippen LogP contribution in [0, 0.1) is 0 Å². The molecule has 1 aliphatic heterocycles. The molecule has 1 fully saturated rings. The van der Waals surface area contributed by atoms with Gasteiger partial charge in [0.1, 0.15) is 5.78 Å². The van der Waals surface area contributed by atoms with Gasteiger partial charge in [-0.25, -0.2) is 0 Å². The number of nitrogens with zero attached hydrogens (tertiary/aromatic N) is 1. The van der Waals surface area contributed by atoms with E-state index in [9.17, 15) is 9.59 Å². The molecule has 5 heteroatoms. The zero-order chi connectivity index (χ0) is 11.5. The summed E-state index contributed by atoms with van der Waals surface area (Å²) in [5.41, 5.74) is 0. The van der Waals surface area contributed by atoms with E-state index in [2.05, 4.69) is 20.8 Å². The second-order valence-electron chi connectivity index (χ2n) is 3.84. The Morgan fingerprint density at radius 2 is 2.06 bits per heavy atom. The van der Waals surface area contributed by atoms with E-state index in [0.717, 1.165) is 21.8 Å². The van der Waals surface area contributed by atoms with Gasteiger partial charge >= 0.3 is 0 Å². The zero-order valence-corrected chi connectivity index (χ0v) is 11.1. The summed E-state index contributed by atoms with van der Waals surface area (Å²) in [6.45, 7) is 1.87. The molecule has 1 aromatic rings. The fourth-order valence-electron chi connectivity index (χ4n) is 1.71. The highest BCUT2D eigenvalue weighted by molar-refractivity contribution is 9.11. The predicted molar refractivity (Wildman–Crippen MR) is 67.0 cm³/mol. The number of carbonyl (C=O) groups excluding carboxylic acids is 2. The summed E-state index contributed by atoms with van der Waals surface area (Å²) >= 11 is 4.80. The first-order chi connectivity index (χ1) is 7.65. The molecule has 2 rings (SSSR count). The van der Waals surface area contributed by atoms with Gasteiger partial charge in [-0.3, -0.25) is 14.5 Å². The molecule has 0 spiro atoms. The second-order valence-corrected chi connectivity index (χ2v) is 6.30. The molecule has 0 saturated carbocycles. The fourth-order valence-corrected chi connectivity index (χ4v) is 3.02. The van der Waals surface area contributed by atoms with Gasteiger partial charge in [-0.2, -0.15) is 0 Å². The summed E-state index contributed by atoms with van der Waals surface area (Å²) in [6.07, 6.45) is 1.17. The van der Waals surface area contributed by atoms with Crippen molar-refractivity contribution < 1.29 is 9.59 Å². The molecular formula is C11H12BrNO2S. The smallest absolute Gasteiger partial charge is 0.186 e. The highest BCUT2D eigenvalue weighted by atomic mass is 79.9. The Morgan fingerprint density at radius 3 is 2.62 bits per heavy atom. The number of rotatable bonds is 3. The maximum atomic E-state index is 11.9. The van der Waals surface area contributed by atoms with E-state index >= 15 is 0 Å². The van der Waals surface area contributed by atoms with Crippen molar-refractivity contribution in [1.82, 2.24) is 4.90 Å². The monoisotopic (exact) mass is 301 g/mol. The van der Waals surface area contributed by atoms with E-state index in [1.807, 2.05) is 12.1 Å². The van der Waals surface area contributed by atoms with E-state index in [4.69, 9.17) is 0 Å². The van der Waals surface area contributed by atoms with Crippen LogP contribution in [0.3, 0.4) is 0 Å². The first-order valence-corrected chi connectivity index (χ1v) is 6.79. The molecule has 1 aliphatic rings. The average Bonchev–Trinajstić information content (AvgIpc) is 2.68. The third-order valence-electron chi connectivity index (χ3n) is 2.63. The molecule has 0 bridgehead atoms. The van der Waals surface area contributed by atoms with E-state index in [1.165, 1.54) is 11.3 Å². The van der Waals surface area contributed by atoms with Crippen molar-refractivity contribution in [2.45, 2.75) is 12.8 Å². The summed E-state index contributed by atoms with van der Waals surface area (Å²) in [7, 11) is 0. The quantitative estimate of drug-likeness (QED) is 0.804. The Hall–Kier alpha value is -0.520. The van der Waals surface area contributed by atoms with Gasteiger partial charge in [-0.05, 0) is 28.1 Å². The Labute approximate surface area is 107 Å². The highest BCUT2D eigenvalue weighted by Gasteiger charge is 2.19. The molecule has 86 valence electrons. The summed E-state index contributed by atoms with van der Waals surface area (Å²) < 4.78 is 0.977. The Balaban J connectivity index is 1.90. The molecule has 2 heterocycles. The van der Waals surface area contributed by atoms with Gasteiger partial charge in [0.2, 0.25) is 0 Å². The molecule has 0 radical (unpaired) electrons. The Morgan fingerprint density at radius 1 is 1.38 bits per heavy atom. The molecular weight excluding hydrogens is 290 g/mol. The van der Waals surface area contributed by atoms with Crippen LogP contribution < -0.4 is 0 Å². The Kier molecular flexibility index (Phi) is 3.89. The molecule has 0 atom stereocenters. The van der Waals surface area contributed by atoms with Gasteiger partial charge in [0.05, 0.1) is 15.2 Å². The SMILES string of the molecule is O=C1CCN(CC(=O)c2ccc(Br)s2)CC1. The normalized spacial score (nSPS) is 17.7. The maximum absolute atomic E-state index is 11.9. The number of thiophene rings is 1. The van der Waals surface area contributed by atoms with E-state index in [0.29, 0.717) is 25.2 Å². The van der Waals surface area contributed by atoms with Gasteiger partial charge in [-0.15, -0.1) is 11.3 Å². The fraction of sp³-hybridized carbons (Fsp3) is 0.455. The van der Waals surface area contributed by atoms with Crippen LogP contribution in [0.2, 0.25) is 0 Å². The molecule has 0 N–H and O–H groups in total. The first-order valence-electron chi connectivity index (χ1n) is 5.18. The van der Waals surface area contributed by atoms with Crippen molar-refractivity contribution in [2.24, 2.45) is 0 Å². The number of Topliss-reactive ketones (excluding diaryl/α,β-unsaturated/α-hetero) is 2. The summed E-state index contributed by atoms with van der Waals surface area (Å²) in [4.78, 5) is 25.8. The van der Waals surface area contributed by atoms with Crippen LogP contribution >= 0.6 is 27.3 Å². The lowest BCUT2D eigenvalue weighted by atomic mass is 10.1. The molecule has 3 nitrogen and oxygen atoms in total. The van der Waals surface area contributed by atoms with Crippen LogP contribution in [0.4, 0.5) is 0 Å². The number of hydrogen-bond donors (Lipinski definition) is 0. The predicted octanol–water partition coefficient (Wildman–Crippen LogP) is 2.36. The van der Waals surface area contributed by atoms with Gasteiger partial charge < -0.3 is 0 Å². The number of halogens is 1. The van der Waals surface area contributed by atoms with Crippen LogP contribution in [0.5, 0.6) is 0 Å². The lowest BCUT2D eigenvalue weighted by Crippen LogP contribution is -2.37. The average molecular weight is 302 g/mol. The summed E-state index contributed by atoms with van der Waals surface area (Å²) in [5.74, 6) is 0.451. The lowest BCUT2D eigenvalue weighted by molar-refractivity contribution is -0.121. The van der Waals surface area contributed by atoms with Crippen molar-refractivity contribution in [1.29, 1.82) is 0 Å². The molecule has 0 amide bonds. The Bertz CT molecular complexity index is 406. The topological polar surface area (TPSA) is 37.4 Å². The largest absolute Gasteiger partial charge is 0.300 e. The van der Waals surface area contributed by atoms with Crippen LogP contribution in [-0.2, 0) is 4.79 Å². The first kappa shape index (κ1) is 12.0. The molecule has 0 aromatic carbocycles. The van der Waals surface area contributed by atoms with Crippen molar-refractivity contribution >= 4 is 38.8 Å². The van der Waals surface area contributed by atoms with Crippen LogP contribution in [-0.4, -0.2) is 36.1 Å². The van der Waals surface area contributed by atoms with Crippen LogP contribution in [0.25, 0.3) is 0 Å². The van der Waals surface area contributed by atoms with Gasteiger partial charge in [0, 0.05) is 25.9 Å². The number of carbonyl (C=O) groups is 2. The van der Waals surface area contributed by atoms with E-state index in [-0.39, 0.29) is 5.78 Å². The minimum absolute atomic E-state index is 0.144. The minimum atomic E-state index is 0.144. The van der Waals surface area contributed by atoms with Crippen molar-refractivity contribution in [3.8, 4) is 0 Å². The minimum Gasteiger partial charge on any atom is -0.300 e. The van der Waals surface area contributed by atoms with Crippen molar-refractivity contribution in [3.05, 3.63) is 20.8 Å². The standard InChI is InChI=1S/C11H12BrNO2S/c12-11-2-1-10(16-11)9(15)7-13-5-3-8(14)4-6-13/h1-2H,3-7H2. The van der Waals surface area contributed by atoms with Crippen LogP contribution in [0.15, 0.2) is 15.9 Å². The van der Waals surface area contributed by atoms with E-state index in [1.54, 1.807) is 0 Å². The van der Waals surface area contributed by atoms with Gasteiger partial charge in [0.15, 0.2) is 5.78 Å². The molecule has 0 unspecified atom stereocenters. The zero-order valence-electron chi connectivity index (χ0n) is 8.74. The number of hydrogen-bond acceptors (Lipinski definition) is 4. The summed E-state index contributed by atoms with van der Waals surface area (Å²) in [5, 5.41) is 0.